The van der Waals surface area contributed by atoms with E-state index in [-0.39, 0.29) is 0 Å². The van der Waals surface area contributed by atoms with Gasteiger partial charge in [-0.3, -0.25) is 0 Å². The molecule has 110 valence electrons. The first kappa shape index (κ1) is 13.8. The molecule has 0 bridgehead atoms. The average Bonchev–Trinajstić information content (AvgIpc) is 3.17. The Morgan fingerprint density at radius 2 is 1.74 bits per heavy atom. The van der Waals surface area contributed by atoms with Gasteiger partial charge in [0.2, 0.25) is 0 Å². The Balaban J connectivity index is 1.24. The highest BCUT2D eigenvalue weighted by Crippen LogP contribution is 2.23. The first-order valence-corrected chi connectivity index (χ1v) is 7.98. The van der Waals surface area contributed by atoms with Gasteiger partial charge in [0.15, 0.2) is 0 Å². The fourth-order valence-corrected chi connectivity index (χ4v) is 2.91. The molecule has 1 saturated carbocycles. The van der Waals surface area contributed by atoms with Crippen molar-refractivity contribution in [3.8, 4) is 0 Å². The summed E-state index contributed by atoms with van der Waals surface area (Å²) in [6.45, 7) is 3.40. The molecule has 3 unspecified atom stereocenters. The zero-order valence-corrected chi connectivity index (χ0v) is 11.8. The Bertz CT molecular complexity index is 264. The molecule has 0 amide bonds. The van der Waals surface area contributed by atoms with E-state index in [0.29, 0.717) is 18.3 Å². The highest BCUT2D eigenvalue weighted by Gasteiger charge is 2.28. The Morgan fingerprint density at radius 1 is 0.895 bits per heavy atom. The molecule has 2 aliphatic heterocycles. The van der Waals surface area contributed by atoms with Crippen molar-refractivity contribution >= 4 is 0 Å². The zero-order valence-electron chi connectivity index (χ0n) is 11.8. The zero-order chi connectivity index (χ0) is 12.9. The van der Waals surface area contributed by atoms with Crippen LogP contribution in [-0.2, 0) is 14.2 Å². The van der Waals surface area contributed by atoms with Gasteiger partial charge in [-0.15, -0.1) is 0 Å². The monoisotopic (exact) mass is 269 g/mol. The predicted molar refractivity (Wildman–Crippen MR) is 73.3 cm³/mol. The Morgan fingerprint density at radius 3 is 2.53 bits per heavy atom. The third-order valence-corrected chi connectivity index (χ3v) is 4.29. The first-order valence-electron chi connectivity index (χ1n) is 7.98. The number of ether oxygens (including phenoxy) is 3. The van der Waals surface area contributed by atoms with Gasteiger partial charge < -0.3 is 19.5 Å². The molecule has 0 radical (unpaired) electrons. The van der Waals surface area contributed by atoms with Crippen LogP contribution in [0.5, 0.6) is 0 Å². The summed E-state index contributed by atoms with van der Waals surface area (Å²) in [4.78, 5) is 0. The molecule has 1 aliphatic carbocycles. The van der Waals surface area contributed by atoms with E-state index in [1.807, 2.05) is 0 Å². The Hall–Kier alpha value is -0.160. The van der Waals surface area contributed by atoms with E-state index in [4.69, 9.17) is 14.2 Å². The highest BCUT2D eigenvalue weighted by atomic mass is 16.6. The smallest absolute Gasteiger partial charge is 0.0813 e. The minimum Gasteiger partial charge on any atom is -0.376 e. The molecule has 3 fully saturated rings. The molecular formula is C15H27NO3. The van der Waals surface area contributed by atoms with Crippen LogP contribution in [-0.4, -0.2) is 50.7 Å². The van der Waals surface area contributed by atoms with E-state index in [9.17, 15) is 0 Å². The number of rotatable bonds is 7. The Labute approximate surface area is 116 Å². The van der Waals surface area contributed by atoms with Gasteiger partial charge in [-0.1, -0.05) is 0 Å². The number of nitrogens with one attached hydrogen (secondary N) is 1. The summed E-state index contributed by atoms with van der Waals surface area (Å²) in [6, 6.07) is 0.780. The van der Waals surface area contributed by atoms with Gasteiger partial charge in [0.1, 0.15) is 0 Å². The van der Waals surface area contributed by atoms with E-state index in [2.05, 4.69) is 5.32 Å². The van der Waals surface area contributed by atoms with Crippen LogP contribution < -0.4 is 5.32 Å². The highest BCUT2D eigenvalue weighted by molar-refractivity contribution is 4.84. The van der Waals surface area contributed by atoms with Crippen LogP contribution in [0.3, 0.4) is 0 Å². The number of hydrogen-bond acceptors (Lipinski definition) is 4. The molecule has 0 aromatic rings. The second-order valence-electron chi connectivity index (χ2n) is 6.17. The van der Waals surface area contributed by atoms with Gasteiger partial charge >= 0.3 is 0 Å². The van der Waals surface area contributed by atoms with Crippen LogP contribution in [0.2, 0.25) is 0 Å². The molecule has 4 nitrogen and oxygen atoms in total. The maximum Gasteiger partial charge on any atom is 0.0813 e. The maximum atomic E-state index is 6.00. The second-order valence-corrected chi connectivity index (χ2v) is 6.17. The quantitative estimate of drug-likeness (QED) is 0.766. The topological polar surface area (TPSA) is 39.7 Å². The molecule has 3 atom stereocenters. The molecule has 3 rings (SSSR count). The molecule has 0 spiro atoms. The lowest BCUT2D eigenvalue weighted by molar-refractivity contribution is -0.0675. The lowest BCUT2D eigenvalue weighted by atomic mass is 10.1. The summed E-state index contributed by atoms with van der Waals surface area (Å²) in [5.41, 5.74) is 0. The van der Waals surface area contributed by atoms with Crippen LogP contribution in [0.15, 0.2) is 0 Å². The fourth-order valence-electron chi connectivity index (χ4n) is 2.91. The lowest BCUT2D eigenvalue weighted by Crippen LogP contribution is -2.30. The van der Waals surface area contributed by atoms with Crippen LogP contribution in [0.4, 0.5) is 0 Å². The van der Waals surface area contributed by atoms with E-state index in [1.54, 1.807) is 0 Å². The summed E-state index contributed by atoms with van der Waals surface area (Å²) >= 11 is 0. The predicted octanol–water partition coefficient (Wildman–Crippen LogP) is 1.87. The van der Waals surface area contributed by atoms with Crippen LogP contribution >= 0.6 is 0 Å². The van der Waals surface area contributed by atoms with E-state index in [1.165, 1.54) is 32.1 Å². The van der Waals surface area contributed by atoms with Crippen molar-refractivity contribution in [1.29, 1.82) is 0 Å². The summed E-state index contributed by atoms with van der Waals surface area (Å²) < 4.78 is 17.4. The molecule has 2 saturated heterocycles. The van der Waals surface area contributed by atoms with E-state index < -0.39 is 0 Å². The van der Waals surface area contributed by atoms with E-state index in [0.717, 1.165) is 45.2 Å². The van der Waals surface area contributed by atoms with Crippen LogP contribution in [0, 0.1) is 0 Å². The van der Waals surface area contributed by atoms with Gasteiger partial charge in [0.05, 0.1) is 31.5 Å². The normalized spacial score (nSPS) is 35.7. The third kappa shape index (κ3) is 4.71. The summed E-state index contributed by atoms with van der Waals surface area (Å²) in [6.07, 6.45) is 9.68. The average molecular weight is 269 g/mol. The van der Waals surface area contributed by atoms with Gasteiger partial charge in [-0.25, -0.2) is 0 Å². The molecule has 2 heterocycles. The first-order chi connectivity index (χ1) is 9.40. The molecule has 3 aliphatic rings. The van der Waals surface area contributed by atoms with Crippen molar-refractivity contribution in [2.45, 2.75) is 69.3 Å². The van der Waals surface area contributed by atoms with E-state index >= 15 is 0 Å². The van der Waals surface area contributed by atoms with Gasteiger partial charge in [-0.05, 0) is 44.9 Å². The van der Waals surface area contributed by atoms with Crippen molar-refractivity contribution in [1.82, 2.24) is 5.32 Å². The minimum atomic E-state index is 0.301. The molecule has 4 heteroatoms. The van der Waals surface area contributed by atoms with Crippen LogP contribution in [0.1, 0.15) is 44.9 Å². The molecule has 1 N–H and O–H groups in total. The minimum absolute atomic E-state index is 0.301. The standard InChI is InChI=1S/C15H27NO3/c1-2-8-18-14(3-1)10-17-11-15-7-6-13(19-15)9-16-12-4-5-12/h12-16H,1-11H2. The largest absolute Gasteiger partial charge is 0.376 e. The van der Waals surface area contributed by atoms with Gasteiger partial charge in [0, 0.05) is 19.2 Å². The summed E-state index contributed by atoms with van der Waals surface area (Å²) in [7, 11) is 0. The molecular weight excluding hydrogens is 242 g/mol. The number of hydrogen-bond donors (Lipinski definition) is 1. The van der Waals surface area contributed by atoms with Gasteiger partial charge in [-0.2, -0.15) is 0 Å². The summed E-state index contributed by atoms with van der Waals surface area (Å²) in [5.74, 6) is 0. The maximum absolute atomic E-state index is 6.00. The van der Waals surface area contributed by atoms with Crippen molar-refractivity contribution in [3.05, 3.63) is 0 Å². The fraction of sp³-hybridized carbons (Fsp3) is 1.00. The van der Waals surface area contributed by atoms with Crippen LogP contribution in [0.25, 0.3) is 0 Å². The lowest BCUT2D eigenvalue weighted by Gasteiger charge is -2.23. The van der Waals surface area contributed by atoms with Crippen molar-refractivity contribution in [2.24, 2.45) is 0 Å². The molecule has 0 aromatic carbocycles. The van der Waals surface area contributed by atoms with Crippen molar-refractivity contribution in [2.75, 3.05) is 26.4 Å². The van der Waals surface area contributed by atoms with Crippen molar-refractivity contribution < 1.29 is 14.2 Å². The molecule has 19 heavy (non-hydrogen) atoms. The van der Waals surface area contributed by atoms with Crippen molar-refractivity contribution in [3.63, 3.8) is 0 Å². The Kier molecular flexibility index (Phi) is 5.10. The SMILES string of the molecule is C1CCC(COCC2CCC(CNC3CC3)O2)OC1. The third-order valence-electron chi connectivity index (χ3n) is 4.29. The summed E-state index contributed by atoms with van der Waals surface area (Å²) in [5, 5.41) is 3.54. The van der Waals surface area contributed by atoms with Gasteiger partial charge in [0.25, 0.3) is 0 Å². The molecule has 0 aromatic heterocycles. The second kappa shape index (κ2) is 7.02.